The summed E-state index contributed by atoms with van der Waals surface area (Å²) >= 11 is 0. The molecule has 0 radical (unpaired) electrons. The topological polar surface area (TPSA) is 105 Å². The number of hydrogen-bond donors (Lipinski definition) is 2. The lowest BCUT2D eigenvalue weighted by molar-refractivity contribution is -0.139. The van der Waals surface area contributed by atoms with Crippen LogP contribution in [-0.2, 0) is 14.3 Å². The van der Waals surface area contributed by atoms with Crippen molar-refractivity contribution in [2.24, 2.45) is 0 Å². The van der Waals surface area contributed by atoms with Crippen LogP contribution in [0.3, 0.4) is 0 Å². The first-order chi connectivity index (χ1) is 18.3. The molecule has 0 aromatic heterocycles. The molecule has 2 atom stereocenters. The van der Waals surface area contributed by atoms with Gasteiger partial charge in [-0.05, 0) is 62.3 Å². The molecule has 0 bridgehead atoms. The summed E-state index contributed by atoms with van der Waals surface area (Å²) < 4.78 is 38.9. The fraction of sp³-hybridized carbons (Fsp3) is 0.483. The van der Waals surface area contributed by atoms with Gasteiger partial charge in [0.2, 0.25) is 0 Å². The molecule has 0 saturated carbocycles. The van der Waals surface area contributed by atoms with E-state index in [0.29, 0.717) is 0 Å². The van der Waals surface area contributed by atoms with Gasteiger partial charge in [-0.25, -0.2) is 23.2 Å². The highest BCUT2D eigenvalue weighted by molar-refractivity contribution is 5.81. The number of aliphatic carboxylic acids is 1. The Bertz CT molecular complexity index is 1180. The first kappa shape index (κ1) is 28.3. The number of carbonyl (C=O) groups is 3. The van der Waals surface area contributed by atoms with Gasteiger partial charge in [0.15, 0.2) is 0 Å². The normalized spacial score (nSPS) is 18.7. The zero-order chi connectivity index (χ0) is 28.4. The number of likely N-dealkylation sites (tertiary alicyclic amines) is 1. The Morgan fingerprint density at radius 3 is 2.23 bits per heavy atom. The number of carbonyl (C=O) groups excluding carboxylic acids is 2. The minimum Gasteiger partial charge on any atom is -0.480 e. The van der Waals surface area contributed by atoms with E-state index in [9.17, 15) is 28.3 Å². The molecule has 1 saturated heterocycles. The van der Waals surface area contributed by atoms with Gasteiger partial charge in [-0.2, -0.15) is 0 Å². The molecule has 1 aliphatic carbocycles. The van der Waals surface area contributed by atoms with Crippen LogP contribution in [-0.4, -0.2) is 64.9 Å². The van der Waals surface area contributed by atoms with Gasteiger partial charge in [0.25, 0.3) is 5.92 Å². The third kappa shape index (κ3) is 6.85. The molecule has 1 aliphatic heterocycles. The number of ether oxygens (including phenoxy) is 2. The zero-order valence-corrected chi connectivity index (χ0v) is 22.3. The molecule has 210 valence electrons. The van der Waals surface area contributed by atoms with Gasteiger partial charge in [0, 0.05) is 18.4 Å². The minimum absolute atomic E-state index is 0.0102. The third-order valence-electron chi connectivity index (χ3n) is 6.97. The van der Waals surface area contributed by atoms with Crippen LogP contribution in [0.25, 0.3) is 11.1 Å². The number of carboxylic acid groups (broad SMARTS) is 1. The van der Waals surface area contributed by atoms with E-state index in [1.165, 1.54) is 0 Å². The van der Waals surface area contributed by atoms with Gasteiger partial charge in [-0.3, -0.25) is 4.90 Å². The van der Waals surface area contributed by atoms with Crippen molar-refractivity contribution < 1.29 is 37.7 Å². The Hall–Kier alpha value is -3.69. The van der Waals surface area contributed by atoms with Crippen molar-refractivity contribution in [1.82, 2.24) is 10.2 Å². The Labute approximate surface area is 226 Å². The summed E-state index contributed by atoms with van der Waals surface area (Å²) in [6, 6.07) is 13.7. The number of benzene rings is 2. The SMILES string of the molecule is CC(C)(C)OC(=O)N1CC(F)(F)CC1CCCC(NC(=O)OCC1c2ccccc2-c2ccccc21)C(=O)O. The second-order valence-corrected chi connectivity index (χ2v) is 11.1. The van der Waals surface area contributed by atoms with Crippen LogP contribution < -0.4 is 5.32 Å². The van der Waals surface area contributed by atoms with E-state index in [-0.39, 0.29) is 31.8 Å². The maximum absolute atomic E-state index is 14.1. The van der Waals surface area contributed by atoms with E-state index >= 15 is 0 Å². The molecule has 2 aliphatic rings. The Morgan fingerprint density at radius 1 is 1.08 bits per heavy atom. The summed E-state index contributed by atoms with van der Waals surface area (Å²) in [5.74, 6) is -4.48. The van der Waals surface area contributed by atoms with Crippen LogP contribution in [0.4, 0.5) is 18.4 Å². The van der Waals surface area contributed by atoms with Gasteiger partial charge in [0.05, 0.1) is 6.54 Å². The smallest absolute Gasteiger partial charge is 0.410 e. The van der Waals surface area contributed by atoms with E-state index in [4.69, 9.17) is 9.47 Å². The molecule has 2 amide bonds. The molecule has 39 heavy (non-hydrogen) atoms. The van der Waals surface area contributed by atoms with Gasteiger partial charge < -0.3 is 19.9 Å². The standard InChI is InChI=1S/C29H34F2N2O6/c1-28(2,3)39-27(37)33-17-29(30,31)15-18(33)9-8-14-24(25(34)35)32-26(36)38-16-23-21-12-6-4-10-19(21)20-11-5-7-13-22(20)23/h4-7,10-13,18,23-24H,8-9,14-17H2,1-3H3,(H,32,36)(H,34,35). The van der Waals surface area contributed by atoms with Crippen LogP contribution in [0.15, 0.2) is 48.5 Å². The van der Waals surface area contributed by atoms with Crippen molar-refractivity contribution in [3.63, 3.8) is 0 Å². The van der Waals surface area contributed by atoms with Gasteiger partial charge in [0.1, 0.15) is 18.2 Å². The van der Waals surface area contributed by atoms with Crippen molar-refractivity contribution in [3.05, 3.63) is 59.7 Å². The predicted molar refractivity (Wildman–Crippen MR) is 140 cm³/mol. The Balaban J connectivity index is 1.31. The molecular formula is C29H34F2N2O6. The second-order valence-electron chi connectivity index (χ2n) is 11.1. The van der Waals surface area contributed by atoms with Gasteiger partial charge in [-0.1, -0.05) is 48.5 Å². The van der Waals surface area contributed by atoms with Crippen molar-refractivity contribution >= 4 is 18.2 Å². The van der Waals surface area contributed by atoms with Gasteiger partial charge in [-0.15, -0.1) is 0 Å². The highest BCUT2D eigenvalue weighted by Crippen LogP contribution is 2.44. The summed E-state index contributed by atoms with van der Waals surface area (Å²) in [6.45, 7) is 4.25. The Kier molecular flexibility index (Phi) is 8.13. The van der Waals surface area contributed by atoms with E-state index in [0.717, 1.165) is 27.2 Å². The van der Waals surface area contributed by atoms with Crippen LogP contribution >= 0.6 is 0 Å². The van der Waals surface area contributed by atoms with Crippen molar-refractivity contribution in [2.45, 2.75) is 76.0 Å². The van der Waals surface area contributed by atoms with Crippen LogP contribution in [0.1, 0.15) is 63.5 Å². The summed E-state index contributed by atoms with van der Waals surface area (Å²) in [7, 11) is 0. The third-order valence-corrected chi connectivity index (χ3v) is 6.97. The van der Waals surface area contributed by atoms with Gasteiger partial charge >= 0.3 is 18.2 Å². The molecule has 4 rings (SSSR count). The van der Waals surface area contributed by atoms with E-state index in [2.05, 4.69) is 5.32 Å². The number of halogens is 2. The lowest BCUT2D eigenvalue weighted by Crippen LogP contribution is -2.42. The fourth-order valence-corrected chi connectivity index (χ4v) is 5.29. The molecule has 2 aromatic rings. The number of nitrogens with zero attached hydrogens (tertiary/aromatic N) is 1. The number of carboxylic acids is 1. The molecular weight excluding hydrogens is 510 g/mol. The first-order valence-electron chi connectivity index (χ1n) is 13.1. The molecule has 2 N–H and O–H groups in total. The molecule has 10 heteroatoms. The summed E-state index contributed by atoms with van der Waals surface area (Å²) in [5, 5.41) is 12.0. The van der Waals surface area contributed by atoms with E-state index < -0.39 is 54.7 Å². The average molecular weight is 545 g/mol. The lowest BCUT2D eigenvalue weighted by Gasteiger charge is -2.28. The number of nitrogens with one attached hydrogen (secondary N) is 1. The van der Waals surface area contributed by atoms with Crippen LogP contribution in [0, 0.1) is 0 Å². The zero-order valence-electron chi connectivity index (χ0n) is 22.3. The lowest BCUT2D eigenvalue weighted by atomic mass is 9.98. The molecule has 2 aromatic carbocycles. The minimum atomic E-state index is -3.05. The van der Waals surface area contributed by atoms with E-state index in [1.54, 1.807) is 20.8 Å². The first-order valence-corrected chi connectivity index (χ1v) is 13.1. The highest BCUT2D eigenvalue weighted by Gasteiger charge is 2.48. The molecule has 8 nitrogen and oxygen atoms in total. The number of fused-ring (bicyclic) bond motifs is 3. The largest absolute Gasteiger partial charge is 0.480 e. The quantitative estimate of drug-likeness (QED) is 0.436. The van der Waals surface area contributed by atoms with Crippen LogP contribution in [0.2, 0.25) is 0 Å². The number of rotatable bonds is 8. The maximum atomic E-state index is 14.1. The number of alkyl halides is 2. The van der Waals surface area contributed by atoms with Crippen molar-refractivity contribution in [1.29, 1.82) is 0 Å². The maximum Gasteiger partial charge on any atom is 0.410 e. The number of hydrogen-bond acceptors (Lipinski definition) is 5. The monoisotopic (exact) mass is 544 g/mol. The summed E-state index contributed by atoms with van der Waals surface area (Å²) in [4.78, 5) is 37.8. The molecule has 1 fully saturated rings. The van der Waals surface area contributed by atoms with E-state index in [1.807, 2.05) is 48.5 Å². The second kappa shape index (κ2) is 11.2. The van der Waals surface area contributed by atoms with Crippen molar-refractivity contribution in [2.75, 3.05) is 13.2 Å². The number of amides is 2. The predicted octanol–water partition coefficient (Wildman–Crippen LogP) is 5.79. The Morgan fingerprint density at radius 2 is 1.67 bits per heavy atom. The molecule has 0 spiro atoms. The number of alkyl carbamates (subject to hydrolysis) is 1. The summed E-state index contributed by atoms with van der Waals surface area (Å²) in [5.41, 5.74) is 3.38. The fourth-order valence-electron chi connectivity index (χ4n) is 5.29. The highest BCUT2D eigenvalue weighted by atomic mass is 19.3. The van der Waals surface area contributed by atoms with Crippen LogP contribution in [0.5, 0.6) is 0 Å². The molecule has 1 heterocycles. The molecule has 2 unspecified atom stereocenters. The average Bonchev–Trinajstić information content (AvgIpc) is 3.34. The van der Waals surface area contributed by atoms with Crippen molar-refractivity contribution in [3.8, 4) is 11.1 Å². The summed E-state index contributed by atoms with van der Waals surface area (Å²) in [6.07, 6.45) is -1.89.